The van der Waals surface area contributed by atoms with Gasteiger partial charge in [0.05, 0.1) is 0 Å². The van der Waals surface area contributed by atoms with Crippen molar-refractivity contribution in [3.05, 3.63) is 65.5 Å². The van der Waals surface area contributed by atoms with Crippen molar-refractivity contribution < 1.29 is 9.32 Å². The van der Waals surface area contributed by atoms with Crippen LogP contribution in [0, 0.1) is 0 Å². The molecule has 3 aromatic rings. The first kappa shape index (κ1) is 22.5. The molecule has 2 N–H and O–H groups in total. The fourth-order valence-corrected chi connectivity index (χ4v) is 3.78. The number of benzene rings is 2. The lowest BCUT2D eigenvalue weighted by atomic mass is 10.1. The number of nitrogens with zero attached hydrogens (tertiary/aromatic N) is 4. The Kier molecular flexibility index (Phi) is 7.34. The molecule has 2 heterocycles. The van der Waals surface area contributed by atoms with E-state index in [1.54, 1.807) is 7.05 Å². The smallest absolute Gasteiger partial charge is 0.257 e. The van der Waals surface area contributed by atoms with Crippen LogP contribution in [0.3, 0.4) is 0 Å². The lowest BCUT2D eigenvalue weighted by Crippen LogP contribution is -2.37. The van der Waals surface area contributed by atoms with E-state index in [9.17, 15) is 4.79 Å². The van der Waals surface area contributed by atoms with E-state index in [2.05, 4.69) is 50.0 Å². The van der Waals surface area contributed by atoms with E-state index in [4.69, 9.17) is 4.52 Å². The summed E-state index contributed by atoms with van der Waals surface area (Å²) in [4.78, 5) is 22.4. The molecule has 1 aliphatic rings. The lowest BCUT2D eigenvalue weighted by molar-refractivity contribution is -0.117. The summed E-state index contributed by atoms with van der Waals surface area (Å²) in [6, 6.07) is 16.3. The Bertz CT molecular complexity index is 1090. The summed E-state index contributed by atoms with van der Waals surface area (Å²) >= 11 is 0. The Morgan fingerprint density at radius 2 is 1.85 bits per heavy atom. The molecule has 2 aromatic carbocycles. The first-order chi connectivity index (χ1) is 16.2. The van der Waals surface area contributed by atoms with Gasteiger partial charge in [-0.3, -0.25) is 9.79 Å². The maximum atomic E-state index is 11.9. The molecule has 172 valence electrons. The summed E-state index contributed by atoms with van der Waals surface area (Å²) in [7, 11) is 1.77. The van der Waals surface area contributed by atoms with Crippen molar-refractivity contribution in [3.8, 4) is 11.5 Å². The number of anilines is 1. The average molecular weight is 447 g/mol. The summed E-state index contributed by atoms with van der Waals surface area (Å²) in [6.07, 6.45) is 3.21. The Labute approximate surface area is 194 Å². The Hall–Kier alpha value is -3.68. The number of aromatic nitrogens is 2. The van der Waals surface area contributed by atoms with Gasteiger partial charge in [0.2, 0.25) is 5.91 Å². The minimum atomic E-state index is 0.209. The van der Waals surface area contributed by atoms with Gasteiger partial charge in [0.1, 0.15) is 0 Å². The second kappa shape index (κ2) is 10.8. The second-order valence-corrected chi connectivity index (χ2v) is 7.98. The van der Waals surface area contributed by atoms with Crippen LogP contribution in [0.15, 0.2) is 58.0 Å². The van der Waals surface area contributed by atoms with E-state index < -0.39 is 0 Å². The largest absolute Gasteiger partial charge is 0.356 e. The van der Waals surface area contributed by atoms with Crippen LogP contribution >= 0.6 is 0 Å². The molecule has 33 heavy (non-hydrogen) atoms. The molecule has 1 aromatic heterocycles. The zero-order valence-electron chi connectivity index (χ0n) is 19.2. The number of hydrogen-bond donors (Lipinski definition) is 2. The third-order valence-corrected chi connectivity index (χ3v) is 5.70. The maximum absolute atomic E-state index is 11.9. The van der Waals surface area contributed by atoms with Gasteiger partial charge in [-0.15, -0.1) is 0 Å². The SMILES string of the molecule is CCc1noc(-c2ccc(CCNC(=NC)NCc3ccc(N4CCCC4=O)cc3)cc2)n1. The van der Waals surface area contributed by atoms with Crippen molar-refractivity contribution in [2.24, 2.45) is 4.99 Å². The first-order valence-corrected chi connectivity index (χ1v) is 11.4. The molecule has 0 radical (unpaired) electrons. The number of carbonyl (C=O) groups is 1. The first-order valence-electron chi connectivity index (χ1n) is 11.4. The number of aryl methyl sites for hydroxylation is 1. The molecule has 0 aliphatic carbocycles. The minimum Gasteiger partial charge on any atom is -0.356 e. The number of carbonyl (C=O) groups excluding carboxylic acids is 1. The van der Waals surface area contributed by atoms with E-state index in [0.717, 1.165) is 61.0 Å². The Morgan fingerprint density at radius 3 is 2.48 bits per heavy atom. The number of amides is 1. The number of guanidine groups is 1. The summed E-state index contributed by atoms with van der Waals surface area (Å²) in [5.74, 6) is 2.24. The van der Waals surface area contributed by atoms with Crippen LogP contribution in [-0.2, 0) is 24.2 Å². The van der Waals surface area contributed by atoms with Crippen LogP contribution in [-0.4, -0.2) is 42.1 Å². The standard InChI is InChI=1S/C25H30N6O2/c1-3-22-29-24(33-30-22)20-10-6-18(7-11-20)14-15-27-25(26-2)28-17-19-8-12-21(13-9-19)31-16-4-5-23(31)32/h6-13H,3-5,14-17H2,1-2H3,(H2,26,27,28). The maximum Gasteiger partial charge on any atom is 0.257 e. The molecule has 8 nitrogen and oxygen atoms in total. The molecule has 0 spiro atoms. The van der Waals surface area contributed by atoms with Gasteiger partial charge < -0.3 is 20.1 Å². The number of rotatable bonds is 8. The normalized spacial score (nSPS) is 14.1. The predicted molar refractivity (Wildman–Crippen MR) is 129 cm³/mol. The van der Waals surface area contributed by atoms with E-state index in [1.807, 2.05) is 36.1 Å². The minimum absolute atomic E-state index is 0.209. The van der Waals surface area contributed by atoms with E-state index in [0.29, 0.717) is 18.9 Å². The highest BCUT2D eigenvalue weighted by molar-refractivity contribution is 5.95. The summed E-state index contributed by atoms with van der Waals surface area (Å²) in [6.45, 7) is 4.23. The summed E-state index contributed by atoms with van der Waals surface area (Å²) in [5, 5.41) is 10.6. The van der Waals surface area contributed by atoms with Crippen molar-refractivity contribution in [2.75, 3.05) is 25.0 Å². The second-order valence-electron chi connectivity index (χ2n) is 7.98. The van der Waals surface area contributed by atoms with Gasteiger partial charge in [-0.05, 0) is 48.2 Å². The quantitative estimate of drug-likeness (QED) is 0.407. The van der Waals surface area contributed by atoms with Crippen LogP contribution in [0.5, 0.6) is 0 Å². The summed E-state index contributed by atoms with van der Waals surface area (Å²) < 4.78 is 5.29. The van der Waals surface area contributed by atoms with Crippen LogP contribution in [0.2, 0.25) is 0 Å². The van der Waals surface area contributed by atoms with Gasteiger partial charge in [0.15, 0.2) is 11.8 Å². The Balaban J connectivity index is 1.22. The summed E-state index contributed by atoms with van der Waals surface area (Å²) in [5.41, 5.74) is 4.25. The molecule has 0 unspecified atom stereocenters. The zero-order valence-corrected chi connectivity index (χ0v) is 19.2. The van der Waals surface area contributed by atoms with Gasteiger partial charge in [0.25, 0.3) is 5.89 Å². The number of aliphatic imine (C=N–C) groups is 1. The van der Waals surface area contributed by atoms with Crippen LogP contribution in [0.25, 0.3) is 11.5 Å². The molecule has 1 aliphatic heterocycles. The van der Waals surface area contributed by atoms with Gasteiger partial charge in [0, 0.05) is 50.8 Å². The highest BCUT2D eigenvalue weighted by Gasteiger charge is 2.21. The van der Waals surface area contributed by atoms with Crippen molar-refractivity contribution in [2.45, 2.75) is 39.2 Å². The molecular formula is C25H30N6O2. The molecule has 1 saturated heterocycles. The highest BCUT2D eigenvalue weighted by atomic mass is 16.5. The van der Waals surface area contributed by atoms with E-state index >= 15 is 0 Å². The third kappa shape index (κ3) is 5.77. The number of nitrogens with one attached hydrogen (secondary N) is 2. The highest BCUT2D eigenvalue weighted by Crippen LogP contribution is 2.21. The molecule has 8 heteroatoms. The van der Waals surface area contributed by atoms with Gasteiger partial charge >= 0.3 is 0 Å². The van der Waals surface area contributed by atoms with Gasteiger partial charge in [-0.1, -0.05) is 36.3 Å². The van der Waals surface area contributed by atoms with Crippen LogP contribution in [0.1, 0.15) is 36.7 Å². The molecule has 4 rings (SSSR count). The predicted octanol–water partition coefficient (Wildman–Crippen LogP) is 3.33. The van der Waals surface area contributed by atoms with Crippen molar-refractivity contribution >= 4 is 17.6 Å². The fourth-order valence-electron chi connectivity index (χ4n) is 3.78. The van der Waals surface area contributed by atoms with Gasteiger partial charge in [-0.25, -0.2) is 0 Å². The Morgan fingerprint density at radius 1 is 1.09 bits per heavy atom. The molecule has 1 fully saturated rings. The molecular weight excluding hydrogens is 416 g/mol. The average Bonchev–Trinajstić information content (AvgIpc) is 3.51. The lowest BCUT2D eigenvalue weighted by Gasteiger charge is -2.16. The molecule has 0 saturated carbocycles. The van der Waals surface area contributed by atoms with Gasteiger partial charge in [-0.2, -0.15) is 4.98 Å². The van der Waals surface area contributed by atoms with Crippen LogP contribution < -0.4 is 15.5 Å². The third-order valence-electron chi connectivity index (χ3n) is 5.70. The molecule has 0 atom stereocenters. The van der Waals surface area contributed by atoms with Crippen LogP contribution in [0.4, 0.5) is 5.69 Å². The van der Waals surface area contributed by atoms with E-state index in [-0.39, 0.29) is 5.91 Å². The van der Waals surface area contributed by atoms with Crippen molar-refractivity contribution in [1.29, 1.82) is 0 Å². The monoisotopic (exact) mass is 446 g/mol. The van der Waals surface area contributed by atoms with Crippen molar-refractivity contribution in [3.63, 3.8) is 0 Å². The zero-order chi connectivity index (χ0) is 23.0. The molecule has 1 amide bonds. The number of hydrogen-bond acceptors (Lipinski definition) is 5. The molecule has 0 bridgehead atoms. The topological polar surface area (TPSA) is 95.6 Å². The fraction of sp³-hybridized carbons (Fsp3) is 0.360. The van der Waals surface area contributed by atoms with E-state index in [1.165, 1.54) is 5.56 Å². The van der Waals surface area contributed by atoms with Crippen molar-refractivity contribution in [1.82, 2.24) is 20.8 Å².